The van der Waals surface area contributed by atoms with Gasteiger partial charge in [-0.05, 0) is 59.8 Å². The summed E-state index contributed by atoms with van der Waals surface area (Å²) in [5.41, 5.74) is 0.575. The summed E-state index contributed by atoms with van der Waals surface area (Å²) < 4.78 is 43.4. The number of alkyl halides is 3. The molecule has 1 aliphatic rings. The second-order valence-electron chi connectivity index (χ2n) is 7.98. The van der Waals surface area contributed by atoms with E-state index in [1.807, 2.05) is 53.0 Å². The van der Waals surface area contributed by atoms with Gasteiger partial charge in [0.2, 0.25) is 5.91 Å². The smallest absolute Gasteiger partial charge is 0.368 e. The Kier molecular flexibility index (Phi) is 6.57. The van der Waals surface area contributed by atoms with E-state index in [0.717, 1.165) is 11.6 Å². The van der Waals surface area contributed by atoms with Crippen LogP contribution in [0.2, 0.25) is 0 Å². The molecule has 1 fully saturated rings. The normalized spacial score (nSPS) is 16.2. The third kappa shape index (κ3) is 5.16. The standard InChI is InChI=1S/C23H25F3N4OS/c1-28-9-11-30(12-10-28)20-5-4-18(14-19(20)23(24,25)26)27-22(31)15-21(17-6-13-32-16-17)29-7-2-3-8-29/h2-8,13-14,16,21H,9-12,15H2,1H3,(H,27,31)/t21-/m0/s1. The van der Waals surface area contributed by atoms with Crippen LogP contribution in [0.15, 0.2) is 59.6 Å². The predicted molar refractivity (Wildman–Crippen MR) is 121 cm³/mol. The largest absolute Gasteiger partial charge is 0.418 e. The number of halogens is 3. The number of amides is 1. The van der Waals surface area contributed by atoms with Gasteiger partial charge in [0.15, 0.2) is 0 Å². The predicted octanol–water partition coefficient (Wildman–Crippen LogP) is 4.94. The SMILES string of the molecule is CN1CCN(c2ccc(NC(=O)C[C@@H](c3ccsc3)n3cccc3)cc2C(F)(F)F)CC1. The fourth-order valence-electron chi connectivity index (χ4n) is 3.97. The van der Waals surface area contributed by atoms with E-state index in [-0.39, 0.29) is 29.7 Å². The fraction of sp³-hybridized carbons (Fsp3) is 0.348. The summed E-state index contributed by atoms with van der Waals surface area (Å²) in [6.07, 6.45) is -0.638. The molecule has 1 amide bonds. The minimum Gasteiger partial charge on any atom is -0.368 e. The Hall–Kier alpha value is -2.78. The molecule has 9 heteroatoms. The van der Waals surface area contributed by atoms with Crippen LogP contribution in [0.4, 0.5) is 24.5 Å². The van der Waals surface area contributed by atoms with E-state index in [1.54, 1.807) is 11.0 Å². The van der Waals surface area contributed by atoms with Crippen molar-refractivity contribution >= 4 is 28.6 Å². The van der Waals surface area contributed by atoms with Gasteiger partial charge in [-0.2, -0.15) is 24.5 Å². The Bertz CT molecular complexity index is 992. The highest BCUT2D eigenvalue weighted by atomic mass is 32.1. The summed E-state index contributed by atoms with van der Waals surface area (Å²) in [6.45, 7) is 2.48. The van der Waals surface area contributed by atoms with Crippen LogP contribution < -0.4 is 10.2 Å². The van der Waals surface area contributed by atoms with Gasteiger partial charge in [0.05, 0.1) is 18.0 Å². The molecule has 1 saturated heterocycles. The van der Waals surface area contributed by atoms with E-state index in [1.165, 1.54) is 17.4 Å². The first-order valence-corrected chi connectivity index (χ1v) is 11.3. The van der Waals surface area contributed by atoms with Crippen LogP contribution >= 0.6 is 11.3 Å². The molecule has 32 heavy (non-hydrogen) atoms. The molecule has 3 aromatic rings. The van der Waals surface area contributed by atoms with Crippen LogP contribution in [0.1, 0.15) is 23.6 Å². The Morgan fingerprint density at radius 2 is 1.84 bits per heavy atom. The number of rotatable bonds is 6. The lowest BCUT2D eigenvalue weighted by molar-refractivity contribution is -0.137. The number of carbonyl (C=O) groups is 1. The van der Waals surface area contributed by atoms with Crippen LogP contribution in [0.3, 0.4) is 0 Å². The number of hydrogen-bond acceptors (Lipinski definition) is 4. The maximum atomic E-state index is 13.8. The van der Waals surface area contributed by atoms with Crippen molar-refractivity contribution < 1.29 is 18.0 Å². The van der Waals surface area contributed by atoms with Crippen LogP contribution in [-0.2, 0) is 11.0 Å². The first-order valence-electron chi connectivity index (χ1n) is 10.4. The molecule has 0 bridgehead atoms. The maximum absolute atomic E-state index is 13.8. The van der Waals surface area contributed by atoms with Gasteiger partial charge in [0, 0.05) is 49.9 Å². The average molecular weight is 463 g/mol. The third-order valence-electron chi connectivity index (χ3n) is 5.72. The Morgan fingerprint density at radius 3 is 2.47 bits per heavy atom. The van der Waals surface area contributed by atoms with E-state index in [0.29, 0.717) is 26.2 Å². The molecule has 0 radical (unpaired) electrons. The molecule has 0 spiro atoms. The van der Waals surface area contributed by atoms with Crippen molar-refractivity contribution in [2.45, 2.75) is 18.6 Å². The molecule has 1 atom stereocenters. The van der Waals surface area contributed by atoms with Gasteiger partial charge in [-0.1, -0.05) is 0 Å². The van der Waals surface area contributed by atoms with Crippen molar-refractivity contribution in [3.05, 3.63) is 70.7 Å². The van der Waals surface area contributed by atoms with Crippen molar-refractivity contribution in [3.63, 3.8) is 0 Å². The van der Waals surface area contributed by atoms with Crippen molar-refractivity contribution in [2.75, 3.05) is 43.4 Å². The summed E-state index contributed by atoms with van der Waals surface area (Å²) in [4.78, 5) is 16.6. The van der Waals surface area contributed by atoms with Crippen LogP contribution in [0.5, 0.6) is 0 Å². The number of carbonyl (C=O) groups excluding carboxylic acids is 1. The molecule has 5 nitrogen and oxygen atoms in total. The van der Waals surface area contributed by atoms with Gasteiger partial charge >= 0.3 is 6.18 Å². The first-order chi connectivity index (χ1) is 15.3. The van der Waals surface area contributed by atoms with Crippen molar-refractivity contribution in [3.8, 4) is 0 Å². The van der Waals surface area contributed by atoms with Gasteiger partial charge in [-0.15, -0.1) is 0 Å². The minimum absolute atomic E-state index is 0.118. The van der Waals surface area contributed by atoms with E-state index >= 15 is 0 Å². The number of nitrogens with one attached hydrogen (secondary N) is 1. The molecule has 4 rings (SSSR count). The second-order valence-corrected chi connectivity index (χ2v) is 8.76. The number of thiophene rings is 1. The number of nitrogens with zero attached hydrogens (tertiary/aromatic N) is 3. The summed E-state index contributed by atoms with van der Waals surface area (Å²) in [5.74, 6) is -0.338. The van der Waals surface area contributed by atoms with Gasteiger partial charge in [0.1, 0.15) is 0 Å². The van der Waals surface area contributed by atoms with E-state index in [2.05, 4.69) is 10.2 Å². The van der Waals surface area contributed by atoms with Gasteiger partial charge < -0.3 is 19.7 Å². The Morgan fingerprint density at radius 1 is 1.12 bits per heavy atom. The molecule has 0 unspecified atom stereocenters. The van der Waals surface area contributed by atoms with E-state index in [4.69, 9.17) is 0 Å². The topological polar surface area (TPSA) is 40.5 Å². The van der Waals surface area contributed by atoms with Crippen molar-refractivity contribution in [2.24, 2.45) is 0 Å². The Labute approximate surface area is 189 Å². The highest BCUT2D eigenvalue weighted by molar-refractivity contribution is 7.08. The lowest BCUT2D eigenvalue weighted by Crippen LogP contribution is -2.45. The van der Waals surface area contributed by atoms with Gasteiger partial charge in [0.25, 0.3) is 0 Å². The summed E-state index contributed by atoms with van der Waals surface area (Å²) >= 11 is 1.54. The average Bonchev–Trinajstić information content (AvgIpc) is 3.47. The molecular weight excluding hydrogens is 437 g/mol. The summed E-state index contributed by atoms with van der Waals surface area (Å²) in [6, 6.07) is 9.55. The number of benzene rings is 1. The van der Waals surface area contributed by atoms with E-state index < -0.39 is 11.7 Å². The molecule has 0 aliphatic carbocycles. The lowest BCUT2D eigenvalue weighted by atomic mass is 10.1. The van der Waals surface area contributed by atoms with Crippen molar-refractivity contribution in [1.29, 1.82) is 0 Å². The molecule has 2 aromatic heterocycles. The number of anilines is 2. The third-order valence-corrected chi connectivity index (χ3v) is 6.43. The van der Waals surface area contributed by atoms with Crippen LogP contribution in [0.25, 0.3) is 0 Å². The molecule has 1 aromatic carbocycles. The van der Waals surface area contributed by atoms with Gasteiger partial charge in [-0.3, -0.25) is 4.79 Å². The van der Waals surface area contributed by atoms with E-state index in [9.17, 15) is 18.0 Å². The maximum Gasteiger partial charge on any atom is 0.418 e. The quantitative estimate of drug-likeness (QED) is 0.564. The first kappa shape index (κ1) is 22.4. The van der Waals surface area contributed by atoms with Crippen LogP contribution in [-0.4, -0.2) is 48.6 Å². The zero-order valence-corrected chi connectivity index (χ0v) is 18.5. The summed E-state index contributed by atoms with van der Waals surface area (Å²) in [7, 11) is 1.96. The molecule has 0 saturated carbocycles. The number of hydrogen-bond donors (Lipinski definition) is 1. The lowest BCUT2D eigenvalue weighted by Gasteiger charge is -2.35. The second kappa shape index (κ2) is 9.38. The van der Waals surface area contributed by atoms with Crippen molar-refractivity contribution in [1.82, 2.24) is 9.47 Å². The van der Waals surface area contributed by atoms with Gasteiger partial charge in [-0.25, -0.2) is 0 Å². The molecular formula is C23H25F3N4OS. The summed E-state index contributed by atoms with van der Waals surface area (Å²) in [5, 5.41) is 6.59. The highest BCUT2D eigenvalue weighted by Gasteiger charge is 2.36. The minimum atomic E-state index is -4.51. The molecule has 3 heterocycles. The number of aromatic nitrogens is 1. The molecule has 1 aliphatic heterocycles. The highest BCUT2D eigenvalue weighted by Crippen LogP contribution is 2.38. The Balaban J connectivity index is 1.53. The molecule has 1 N–H and O–H groups in total. The monoisotopic (exact) mass is 462 g/mol. The van der Waals surface area contributed by atoms with Crippen LogP contribution in [0, 0.1) is 0 Å². The number of piperazine rings is 1. The zero-order valence-electron chi connectivity index (χ0n) is 17.7. The fourth-order valence-corrected chi connectivity index (χ4v) is 4.67. The number of likely N-dealkylation sites (N-methyl/N-ethyl adjacent to an activating group) is 1. The molecule has 170 valence electrons. The zero-order chi connectivity index (χ0) is 22.7.